The van der Waals surface area contributed by atoms with Crippen LogP contribution in [0, 0.1) is 43.4 Å². The van der Waals surface area contributed by atoms with Crippen LogP contribution in [0.25, 0.3) is 0 Å². The Bertz CT molecular complexity index is 515. The highest BCUT2D eigenvalue weighted by molar-refractivity contribution is 5.79. The molecular weight excluding hydrogens is 262 g/mol. The van der Waals surface area contributed by atoms with Crippen molar-refractivity contribution in [1.29, 1.82) is 0 Å². The van der Waals surface area contributed by atoms with Crippen molar-refractivity contribution in [1.82, 2.24) is 15.5 Å². The number of amides is 1. The molecule has 4 saturated carbocycles. The van der Waals surface area contributed by atoms with Crippen molar-refractivity contribution in [2.24, 2.45) is 29.6 Å². The molecule has 4 aliphatic carbocycles. The summed E-state index contributed by atoms with van der Waals surface area (Å²) < 4.78 is 0. The number of hydrogen-bond donors (Lipinski definition) is 2. The molecule has 0 unspecified atom stereocenters. The molecule has 5 rings (SSSR count). The lowest BCUT2D eigenvalue weighted by atomic mass is 9.51. The van der Waals surface area contributed by atoms with Crippen molar-refractivity contribution >= 4 is 5.91 Å². The number of hydrogen-bond acceptors (Lipinski definition) is 2. The summed E-state index contributed by atoms with van der Waals surface area (Å²) in [5.74, 6) is 3.75. The smallest absolute Gasteiger partial charge is 0.223 e. The molecule has 1 heterocycles. The van der Waals surface area contributed by atoms with Gasteiger partial charge in [-0.3, -0.25) is 9.89 Å². The normalized spacial score (nSPS) is 37.0. The number of aromatic nitrogens is 2. The summed E-state index contributed by atoms with van der Waals surface area (Å²) in [6, 6.07) is 0. The van der Waals surface area contributed by atoms with Gasteiger partial charge in [0, 0.05) is 23.7 Å². The average Bonchev–Trinajstić information content (AvgIpc) is 2.74. The number of carbonyl (C=O) groups is 1. The minimum absolute atomic E-state index is 0.283. The van der Waals surface area contributed by atoms with Gasteiger partial charge in [0.25, 0.3) is 0 Å². The van der Waals surface area contributed by atoms with E-state index >= 15 is 0 Å². The van der Waals surface area contributed by atoms with Crippen molar-refractivity contribution < 1.29 is 4.79 Å². The van der Waals surface area contributed by atoms with E-state index in [0.717, 1.165) is 28.8 Å². The zero-order chi connectivity index (χ0) is 14.6. The molecule has 4 aliphatic rings. The zero-order valence-electron chi connectivity index (χ0n) is 13.0. The van der Waals surface area contributed by atoms with Gasteiger partial charge < -0.3 is 5.32 Å². The van der Waals surface area contributed by atoms with E-state index in [9.17, 15) is 4.79 Å². The van der Waals surface area contributed by atoms with Gasteiger partial charge in [-0.1, -0.05) is 0 Å². The van der Waals surface area contributed by atoms with Gasteiger partial charge in [-0.15, -0.1) is 0 Å². The summed E-state index contributed by atoms with van der Waals surface area (Å²) in [4.78, 5) is 12.7. The average molecular weight is 287 g/mol. The maximum atomic E-state index is 12.7. The Kier molecular flexibility index (Phi) is 3.09. The number of nitrogens with zero attached hydrogens (tertiary/aromatic N) is 1. The van der Waals surface area contributed by atoms with Crippen LogP contribution in [0.2, 0.25) is 0 Å². The van der Waals surface area contributed by atoms with Crippen LogP contribution >= 0.6 is 0 Å². The second-order valence-corrected chi connectivity index (χ2v) is 7.59. The van der Waals surface area contributed by atoms with E-state index in [1.807, 2.05) is 13.8 Å². The van der Waals surface area contributed by atoms with Gasteiger partial charge in [0.2, 0.25) is 5.91 Å². The van der Waals surface area contributed by atoms with E-state index in [4.69, 9.17) is 0 Å². The lowest BCUT2D eigenvalue weighted by molar-refractivity contribution is -0.138. The number of H-pyrrole nitrogens is 1. The van der Waals surface area contributed by atoms with Crippen molar-refractivity contribution in [2.45, 2.75) is 52.5 Å². The quantitative estimate of drug-likeness (QED) is 0.898. The maximum absolute atomic E-state index is 12.7. The third kappa shape index (κ3) is 2.19. The predicted molar refractivity (Wildman–Crippen MR) is 80.4 cm³/mol. The molecule has 1 aromatic rings. The second kappa shape index (κ2) is 4.85. The highest BCUT2D eigenvalue weighted by Crippen LogP contribution is 2.56. The summed E-state index contributed by atoms with van der Waals surface area (Å²) >= 11 is 0. The fraction of sp³-hybridized carbons (Fsp3) is 0.765. The second-order valence-electron chi connectivity index (χ2n) is 7.59. The molecule has 0 atom stereocenters. The molecule has 0 radical (unpaired) electrons. The first kappa shape index (κ1) is 13.4. The van der Waals surface area contributed by atoms with Crippen LogP contribution in [-0.4, -0.2) is 16.1 Å². The van der Waals surface area contributed by atoms with Gasteiger partial charge in [0.1, 0.15) is 0 Å². The SMILES string of the molecule is Cc1n[nH]c(C)c1CNC(=O)C1C2CC3CC(C2)CC1C3. The van der Waals surface area contributed by atoms with Gasteiger partial charge in [0.05, 0.1) is 5.69 Å². The molecule has 1 amide bonds. The largest absolute Gasteiger partial charge is 0.352 e. The van der Waals surface area contributed by atoms with Crippen molar-refractivity contribution in [2.75, 3.05) is 0 Å². The minimum Gasteiger partial charge on any atom is -0.352 e. The van der Waals surface area contributed by atoms with E-state index in [-0.39, 0.29) is 5.92 Å². The predicted octanol–water partition coefficient (Wildman–Crippen LogP) is 2.72. The summed E-state index contributed by atoms with van der Waals surface area (Å²) in [5.41, 5.74) is 3.21. The van der Waals surface area contributed by atoms with Crippen LogP contribution in [0.4, 0.5) is 0 Å². The molecule has 0 aromatic carbocycles. The van der Waals surface area contributed by atoms with Gasteiger partial charge in [-0.05, 0) is 69.6 Å². The van der Waals surface area contributed by atoms with Crippen LogP contribution < -0.4 is 5.32 Å². The Morgan fingerprint density at radius 3 is 2.29 bits per heavy atom. The van der Waals surface area contributed by atoms with Crippen LogP contribution in [0.1, 0.15) is 49.1 Å². The number of carbonyl (C=O) groups excluding carboxylic acids is 1. The molecule has 4 fully saturated rings. The van der Waals surface area contributed by atoms with E-state index in [1.54, 1.807) is 0 Å². The van der Waals surface area contributed by atoms with Crippen LogP contribution in [0.3, 0.4) is 0 Å². The van der Waals surface area contributed by atoms with E-state index in [1.165, 1.54) is 32.1 Å². The molecule has 4 heteroatoms. The molecule has 21 heavy (non-hydrogen) atoms. The fourth-order valence-electron chi connectivity index (χ4n) is 5.48. The Morgan fingerprint density at radius 2 is 1.76 bits per heavy atom. The lowest BCUT2D eigenvalue weighted by Crippen LogP contribution is -2.50. The van der Waals surface area contributed by atoms with Crippen molar-refractivity contribution in [3.05, 3.63) is 17.0 Å². The van der Waals surface area contributed by atoms with Gasteiger partial charge in [-0.2, -0.15) is 5.10 Å². The molecule has 4 nitrogen and oxygen atoms in total. The fourth-order valence-corrected chi connectivity index (χ4v) is 5.48. The number of nitrogens with one attached hydrogen (secondary N) is 2. The summed E-state index contributed by atoms with van der Waals surface area (Å²) in [7, 11) is 0. The first-order valence-electron chi connectivity index (χ1n) is 8.40. The van der Waals surface area contributed by atoms with E-state index in [0.29, 0.717) is 24.3 Å². The zero-order valence-corrected chi connectivity index (χ0v) is 13.0. The Balaban J connectivity index is 1.44. The first-order chi connectivity index (χ1) is 10.1. The highest BCUT2D eigenvalue weighted by atomic mass is 16.1. The first-order valence-corrected chi connectivity index (χ1v) is 8.40. The molecule has 114 valence electrons. The third-order valence-corrected chi connectivity index (χ3v) is 6.25. The summed E-state index contributed by atoms with van der Waals surface area (Å²) in [6.07, 6.45) is 6.64. The Hall–Kier alpha value is -1.32. The summed E-state index contributed by atoms with van der Waals surface area (Å²) in [6.45, 7) is 4.63. The number of aryl methyl sites for hydroxylation is 2. The van der Waals surface area contributed by atoms with Crippen LogP contribution in [-0.2, 0) is 11.3 Å². The Labute approximate surface area is 126 Å². The molecular formula is C17H25N3O. The molecule has 0 aliphatic heterocycles. The molecule has 1 aromatic heterocycles. The lowest BCUT2D eigenvalue weighted by Gasteiger charge is -2.53. The Morgan fingerprint density at radius 1 is 1.14 bits per heavy atom. The van der Waals surface area contributed by atoms with E-state index < -0.39 is 0 Å². The van der Waals surface area contributed by atoms with Crippen molar-refractivity contribution in [3.8, 4) is 0 Å². The molecule has 2 N–H and O–H groups in total. The minimum atomic E-state index is 0.283. The number of aromatic amines is 1. The third-order valence-electron chi connectivity index (χ3n) is 6.25. The van der Waals surface area contributed by atoms with Gasteiger partial charge in [0.15, 0.2) is 0 Å². The molecule has 0 spiro atoms. The highest BCUT2D eigenvalue weighted by Gasteiger charge is 2.50. The monoisotopic (exact) mass is 287 g/mol. The molecule has 4 bridgehead atoms. The van der Waals surface area contributed by atoms with Gasteiger partial charge in [-0.25, -0.2) is 0 Å². The van der Waals surface area contributed by atoms with Crippen LogP contribution in [0.15, 0.2) is 0 Å². The van der Waals surface area contributed by atoms with E-state index in [2.05, 4.69) is 15.5 Å². The maximum Gasteiger partial charge on any atom is 0.223 e. The summed E-state index contributed by atoms with van der Waals surface area (Å²) in [5, 5.41) is 10.4. The number of rotatable bonds is 3. The van der Waals surface area contributed by atoms with Crippen molar-refractivity contribution in [3.63, 3.8) is 0 Å². The van der Waals surface area contributed by atoms with Crippen LogP contribution in [0.5, 0.6) is 0 Å². The van der Waals surface area contributed by atoms with Gasteiger partial charge >= 0.3 is 0 Å². The topological polar surface area (TPSA) is 57.8 Å². The molecule has 0 saturated heterocycles. The standard InChI is InChI=1S/C17H25N3O/c1-9-15(10(2)20-19-9)8-18-17(21)16-13-4-11-3-12(6-13)7-14(16)5-11/h11-14,16H,3-8H2,1-2H3,(H,18,21)(H,19,20).